The number of hydrogen-bond donors (Lipinski definition) is 1. The lowest BCUT2D eigenvalue weighted by atomic mass is 10.2. The molecule has 0 fully saturated rings. The third kappa shape index (κ3) is 6.43. The molecule has 0 amide bonds. The van der Waals surface area contributed by atoms with E-state index in [1.165, 1.54) is 4.88 Å². The lowest BCUT2D eigenvalue weighted by molar-refractivity contribution is 0.396. The Morgan fingerprint density at radius 2 is 2.03 bits per heavy atom. The number of benzene rings is 1. The molecule has 0 atom stereocenters. The van der Waals surface area contributed by atoms with E-state index < -0.39 is 0 Å². The number of halogens is 1. The van der Waals surface area contributed by atoms with E-state index in [1.54, 1.807) is 18.4 Å². The molecule has 1 N–H and O–H groups in total. The highest BCUT2D eigenvalue weighted by atomic mass is 127. The van der Waals surface area contributed by atoms with Gasteiger partial charge in [0.2, 0.25) is 0 Å². The lowest BCUT2D eigenvalue weighted by Gasteiger charge is -2.23. The van der Waals surface area contributed by atoms with Gasteiger partial charge in [-0.05, 0) is 30.9 Å². The van der Waals surface area contributed by atoms with Crippen molar-refractivity contribution in [1.82, 2.24) is 25.0 Å². The van der Waals surface area contributed by atoms with E-state index in [0.717, 1.165) is 41.9 Å². The van der Waals surface area contributed by atoms with Crippen molar-refractivity contribution in [3.8, 4) is 5.75 Å². The van der Waals surface area contributed by atoms with Gasteiger partial charge in [0.15, 0.2) is 11.8 Å². The van der Waals surface area contributed by atoms with Crippen LogP contribution in [0, 0.1) is 6.92 Å². The zero-order valence-corrected chi connectivity index (χ0v) is 21.0. The molecule has 30 heavy (non-hydrogen) atoms. The van der Waals surface area contributed by atoms with Crippen LogP contribution in [0.5, 0.6) is 5.75 Å². The molecule has 2 aromatic heterocycles. The van der Waals surface area contributed by atoms with E-state index in [0.29, 0.717) is 13.1 Å². The summed E-state index contributed by atoms with van der Waals surface area (Å²) in [7, 11) is 5.69. The van der Waals surface area contributed by atoms with Crippen molar-refractivity contribution in [3.63, 3.8) is 0 Å². The smallest absolute Gasteiger partial charge is 0.194 e. The highest BCUT2D eigenvalue weighted by Gasteiger charge is 2.12. The maximum atomic E-state index is 5.50. The van der Waals surface area contributed by atoms with Gasteiger partial charge in [0, 0.05) is 37.6 Å². The number of aromatic nitrogens is 3. The Hall–Kier alpha value is -2.14. The topological polar surface area (TPSA) is 67.6 Å². The molecule has 0 radical (unpaired) electrons. The van der Waals surface area contributed by atoms with E-state index in [2.05, 4.69) is 44.0 Å². The minimum absolute atomic E-state index is 0. The molecular weight excluding hydrogens is 511 g/mol. The maximum Gasteiger partial charge on any atom is 0.194 e. The van der Waals surface area contributed by atoms with Crippen LogP contribution in [0.2, 0.25) is 0 Å². The number of aryl methyl sites for hydroxylation is 1. The highest BCUT2D eigenvalue weighted by Crippen LogP contribution is 2.19. The Balaban J connectivity index is 0.00000320. The molecule has 0 unspecified atom stereocenters. The monoisotopic (exact) mass is 540 g/mol. The Morgan fingerprint density at radius 1 is 1.23 bits per heavy atom. The summed E-state index contributed by atoms with van der Waals surface area (Å²) in [4.78, 5) is 8.27. The molecule has 7 nitrogen and oxygen atoms in total. The van der Waals surface area contributed by atoms with Crippen molar-refractivity contribution >= 4 is 41.3 Å². The second kappa shape index (κ2) is 11.9. The second-order valence-corrected chi connectivity index (χ2v) is 7.82. The van der Waals surface area contributed by atoms with E-state index in [-0.39, 0.29) is 24.0 Å². The summed E-state index contributed by atoms with van der Waals surface area (Å²) in [5.74, 6) is 3.42. The molecule has 0 aliphatic rings. The molecule has 2 heterocycles. The minimum Gasteiger partial charge on any atom is -0.496 e. The summed E-state index contributed by atoms with van der Waals surface area (Å²) in [5, 5.41) is 13.9. The Morgan fingerprint density at radius 3 is 2.70 bits per heavy atom. The van der Waals surface area contributed by atoms with Gasteiger partial charge in [-0.1, -0.05) is 24.3 Å². The average Bonchev–Trinajstić information content (AvgIpc) is 3.36. The second-order valence-electron chi connectivity index (χ2n) is 6.79. The summed E-state index contributed by atoms with van der Waals surface area (Å²) in [6.07, 6.45) is 0.961. The summed E-state index contributed by atoms with van der Waals surface area (Å²) >= 11 is 1.77. The normalized spacial score (nSPS) is 11.1. The molecule has 0 spiro atoms. The van der Waals surface area contributed by atoms with Crippen LogP contribution in [0.15, 0.2) is 46.8 Å². The molecule has 0 aliphatic heterocycles. The number of ether oxygens (including phenoxy) is 1. The van der Waals surface area contributed by atoms with Crippen LogP contribution in [-0.2, 0) is 26.6 Å². The minimum atomic E-state index is 0. The first-order chi connectivity index (χ1) is 14.1. The fourth-order valence-corrected chi connectivity index (χ4v) is 3.67. The molecule has 0 saturated carbocycles. The van der Waals surface area contributed by atoms with E-state index in [9.17, 15) is 0 Å². The van der Waals surface area contributed by atoms with Gasteiger partial charge in [0.25, 0.3) is 0 Å². The Kier molecular flexibility index (Phi) is 9.57. The van der Waals surface area contributed by atoms with E-state index in [1.807, 2.05) is 43.8 Å². The van der Waals surface area contributed by atoms with Gasteiger partial charge >= 0.3 is 0 Å². The number of thiophene rings is 1. The van der Waals surface area contributed by atoms with Crippen LogP contribution in [0.3, 0.4) is 0 Å². The molecular formula is C21H29IN6OS. The molecule has 3 rings (SSSR count). The maximum absolute atomic E-state index is 5.50. The molecule has 162 valence electrons. The summed E-state index contributed by atoms with van der Waals surface area (Å²) in [6.45, 7) is 3.91. The first-order valence-corrected chi connectivity index (χ1v) is 10.4. The molecule has 0 saturated heterocycles. The quantitative estimate of drug-likeness (QED) is 0.269. The summed E-state index contributed by atoms with van der Waals surface area (Å²) in [6, 6.07) is 12.3. The third-order valence-electron chi connectivity index (χ3n) is 4.75. The SMILES string of the molecule is COc1ccccc1CN(C)C(=NCc1nnc(C)n1C)NCCc1cccs1.I. The van der Waals surface area contributed by atoms with Crippen molar-refractivity contribution in [1.29, 1.82) is 0 Å². The first-order valence-electron chi connectivity index (χ1n) is 9.57. The van der Waals surface area contributed by atoms with Crippen LogP contribution in [0.4, 0.5) is 0 Å². The zero-order valence-electron chi connectivity index (χ0n) is 17.8. The zero-order chi connectivity index (χ0) is 20.6. The van der Waals surface area contributed by atoms with Crippen molar-refractivity contribution in [2.45, 2.75) is 26.4 Å². The van der Waals surface area contributed by atoms with Crippen LogP contribution >= 0.6 is 35.3 Å². The van der Waals surface area contributed by atoms with E-state index >= 15 is 0 Å². The summed E-state index contributed by atoms with van der Waals surface area (Å²) < 4.78 is 7.46. The number of para-hydroxylation sites is 1. The molecule has 0 aliphatic carbocycles. The van der Waals surface area contributed by atoms with Crippen LogP contribution in [0.1, 0.15) is 22.1 Å². The fraction of sp³-hybridized carbons (Fsp3) is 0.381. The van der Waals surface area contributed by atoms with Gasteiger partial charge in [-0.3, -0.25) is 0 Å². The number of nitrogens with one attached hydrogen (secondary N) is 1. The number of methoxy groups -OCH3 is 1. The first kappa shape index (κ1) is 24.1. The number of hydrogen-bond acceptors (Lipinski definition) is 5. The lowest BCUT2D eigenvalue weighted by Crippen LogP contribution is -2.39. The van der Waals surface area contributed by atoms with Crippen LogP contribution < -0.4 is 10.1 Å². The van der Waals surface area contributed by atoms with Crippen molar-refractivity contribution in [3.05, 3.63) is 63.9 Å². The third-order valence-corrected chi connectivity index (χ3v) is 5.69. The van der Waals surface area contributed by atoms with Crippen LogP contribution in [0.25, 0.3) is 0 Å². The van der Waals surface area contributed by atoms with Gasteiger partial charge in [-0.2, -0.15) is 0 Å². The number of aliphatic imine (C=N–C) groups is 1. The van der Waals surface area contributed by atoms with Gasteiger partial charge in [-0.15, -0.1) is 45.5 Å². The fourth-order valence-electron chi connectivity index (χ4n) is 2.96. The number of nitrogens with zero attached hydrogens (tertiary/aromatic N) is 5. The van der Waals surface area contributed by atoms with Gasteiger partial charge in [0.05, 0.1) is 7.11 Å². The highest BCUT2D eigenvalue weighted by molar-refractivity contribution is 14.0. The Labute approximate surface area is 199 Å². The molecule has 9 heteroatoms. The van der Waals surface area contributed by atoms with Crippen molar-refractivity contribution in [2.24, 2.45) is 12.0 Å². The van der Waals surface area contributed by atoms with Crippen molar-refractivity contribution < 1.29 is 4.74 Å². The molecule has 3 aromatic rings. The number of guanidine groups is 1. The number of rotatable bonds is 8. The standard InChI is InChI=1S/C21H28N6OS.HI/c1-16-24-25-20(27(16)3)14-23-21(22-12-11-18-9-7-13-29-18)26(2)15-17-8-5-6-10-19(17)28-4;/h5-10,13H,11-12,14-15H2,1-4H3,(H,22,23);1H. The van der Waals surface area contributed by atoms with Gasteiger partial charge in [0.1, 0.15) is 18.1 Å². The van der Waals surface area contributed by atoms with Gasteiger partial charge in [-0.25, -0.2) is 4.99 Å². The van der Waals surface area contributed by atoms with Crippen LogP contribution in [-0.4, -0.2) is 46.3 Å². The predicted molar refractivity (Wildman–Crippen MR) is 133 cm³/mol. The predicted octanol–water partition coefficient (Wildman–Crippen LogP) is 3.63. The van der Waals surface area contributed by atoms with E-state index in [4.69, 9.17) is 9.73 Å². The molecule has 1 aromatic carbocycles. The van der Waals surface area contributed by atoms with Crippen molar-refractivity contribution in [2.75, 3.05) is 20.7 Å². The Bertz CT molecular complexity index is 941. The largest absolute Gasteiger partial charge is 0.496 e. The molecule has 0 bridgehead atoms. The summed E-state index contributed by atoms with van der Waals surface area (Å²) in [5.41, 5.74) is 1.11. The van der Waals surface area contributed by atoms with Gasteiger partial charge < -0.3 is 19.5 Å². The average molecular weight is 540 g/mol.